The Morgan fingerprint density at radius 2 is 1.43 bits per heavy atom. The Morgan fingerprint density at radius 3 is 2.13 bits per heavy atom. The van der Waals surface area contributed by atoms with Gasteiger partial charge in [0, 0.05) is 11.8 Å². The van der Waals surface area contributed by atoms with E-state index in [1.807, 2.05) is 6.20 Å². The SMILES string of the molecule is Cc1cc(-c2ccccc2)cc(-c2cc(C(C)(C)C)ccn2)c1. The molecule has 0 fully saturated rings. The van der Waals surface area contributed by atoms with E-state index in [0.717, 1.165) is 5.69 Å². The summed E-state index contributed by atoms with van der Waals surface area (Å²) in [5.41, 5.74) is 7.39. The van der Waals surface area contributed by atoms with Crippen LogP contribution in [0.25, 0.3) is 22.4 Å². The molecule has 1 heterocycles. The van der Waals surface area contributed by atoms with E-state index >= 15 is 0 Å². The zero-order chi connectivity index (χ0) is 16.4. The van der Waals surface area contributed by atoms with Gasteiger partial charge in [-0.05, 0) is 58.9 Å². The van der Waals surface area contributed by atoms with Gasteiger partial charge in [-0.25, -0.2) is 0 Å². The summed E-state index contributed by atoms with van der Waals surface area (Å²) in [6.07, 6.45) is 1.92. The topological polar surface area (TPSA) is 12.9 Å². The molecule has 0 saturated carbocycles. The number of aromatic nitrogens is 1. The zero-order valence-electron chi connectivity index (χ0n) is 14.3. The second-order valence-corrected chi connectivity index (χ2v) is 7.13. The summed E-state index contributed by atoms with van der Waals surface area (Å²) < 4.78 is 0. The first-order chi connectivity index (χ1) is 10.9. The van der Waals surface area contributed by atoms with Crippen LogP contribution in [0.5, 0.6) is 0 Å². The van der Waals surface area contributed by atoms with Crippen LogP contribution in [0.1, 0.15) is 31.9 Å². The van der Waals surface area contributed by atoms with Crippen LogP contribution >= 0.6 is 0 Å². The predicted molar refractivity (Wildman–Crippen MR) is 98.5 cm³/mol. The fourth-order valence-electron chi connectivity index (χ4n) is 2.78. The molecular weight excluding hydrogens is 278 g/mol. The van der Waals surface area contributed by atoms with Crippen molar-refractivity contribution < 1.29 is 0 Å². The van der Waals surface area contributed by atoms with E-state index < -0.39 is 0 Å². The zero-order valence-corrected chi connectivity index (χ0v) is 14.3. The van der Waals surface area contributed by atoms with Crippen molar-refractivity contribution in [3.63, 3.8) is 0 Å². The molecule has 23 heavy (non-hydrogen) atoms. The van der Waals surface area contributed by atoms with Crippen molar-refractivity contribution in [3.8, 4) is 22.4 Å². The second kappa shape index (κ2) is 6.00. The summed E-state index contributed by atoms with van der Waals surface area (Å²) in [6, 6.07) is 21.5. The molecular formula is C22H23N. The minimum atomic E-state index is 0.129. The minimum absolute atomic E-state index is 0.129. The monoisotopic (exact) mass is 301 g/mol. The molecule has 0 radical (unpaired) electrons. The maximum absolute atomic E-state index is 4.60. The van der Waals surface area contributed by atoms with E-state index in [1.54, 1.807) is 0 Å². The van der Waals surface area contributed by atoms with Crippen LogP contribution in [-0.2, 0) is 5.41 Å². The lowest BCUT2D eigenvalue weighted by atomic mass is 9.86. The van der Waals surface area contributed by atoms with Crippen LogP contribution < -0.4 is 0 Å². The molecule has 0 aliphatic carbocycles. The molecule has 0 spiro atoms. The smallest absolute Gasteiger partial charge is 0.0705 e. The molecule has 0 aliphatic rings. The van der Waals surface area contributed by atoms with Crippen molar-refractivity contribution in [2.24, 2.45) is 0 Å². The molecule has 0 N–H and O–H groups in total. The molecule has 3 aromatic rings. The van der Waals surface area contributed by atoms with Crippen molar-refractivity contribution >= 4 is 0 Å². The highest BCUT2D eigenvalue weighted by atomic mass is 14.7. The Labute approximate surface area is 139 Å². The van der Waals surface area contributed by atoms with Crippen LogP contribution in [-0.4, -0.2) is 4.98 Å². The summed E-state index contributed by atoms with van der Waals surface area (Å²) in [6.45, 7) is 8.84. The quantitative estimate of drug-likeness (QED) is 0.564. The van der Waals surface area contributed by atoms with Crippen molar-refractivity contribution in [1.29, 1.82) is 0 Å². The van der Waals surface area contributed by atoms with Gasteiger partial charge in [-0.15, -0.1) is 0 Å². The van der Waals surface area contributed by atoms with Gasteiger partial charge in [0.25, 0.3) is 0 Å². The molecule has 0 unspecified atom stereocenters. The Morgan fingerprint density at radius 1 is 0.739 bits per heavy atom. The Bertz CT molecular complexity index is 811. The van der Waals surface area contributed by atoms with Gasteiger partial charge in [0.05, 0.1) is 5.69 Å². The van der Waals surface area contributed by atoms with Gasteiger partial charge >= 0.3 is 0 Å². The molecule has 2 aromatic carbocycles. The molecule has 0 aliphatic heterocycles. The highest BCUT2D eigenvalue weighted by molar-refractivity contribution is 5.72. The van der Waals surface area contributed by atoms with Gasteiger partial charge in [-0.1, -0.05) is 57.2 Å². The Kier molecular flexibility index (Phi) is 4.04. The normalized spacial score (nSPS) is 11.5. The lowest BCUT2D eigenvalue weighted by Crippen LogP contribution is -2.11. The fourth-order valence-corrected chi connectivity index (χ4v) is 2.78. The van der Waals surface area contributed by atoms with Crippen molar-refractivity contribution in [1.82, 2.24) is 4.98 Å². The van der Waals surface area contributed by atoms with E-state index in [-0.39, 0.29) is 5.41 Å². The van der Waals surface area contributed by atoms with Crippen LogP contribution in [0.4, 0.5) is 0 Å². The largest absolute Gasteiger partial charge is 0.256 e. The van der Waals surface area contributed by atoms with Gasteiger partial charge in [0.2, 0.25) is 0 Å². The third-order valence-electron chi connectivity index (χ3n) is 4.11. The average Bonchev–Trinajstić information content (AvgIpc) is 2.54. The lowest BCUT2D eigenvalue weighted by Gasteiger charge is -2.19. The molecule has 1 nitrogen and oxygen atoms in total. The number of hydrogen-bond acceptors (Lipinski definition) is 1. The molecule has 0 saturated heterocycles. The van der Waals surface area contributed by atoms with Crippen LogP contribution in [0, 0.1) is 6.92 Å². The van der Waals surface area contributed by atoms with Crippen LogP contribution in [0.2, 0.25) is 0 Å². The first kappa shape index (κ1) is 15.5. The summed E-state index contributed by atoms with van der Waals surface area (Å²) in [7, 11) is 0. The van der Waals surface area contributed by atoms with Crippen LogP contribution in [0.3, 0.4) is 0 Å². The van der Waals surface area contributed by atoms with E-state index in [1.165, 1.54) is 27.8 Å². The molecule has 0 amide bonds. The summed E-state index contributed by atoms with van der Waals surface area (Å²) >= 11 is 0. The van der Waals surface area contributed by atoms with Crippen molar-refractivity contribution in [2.45, 2.75) is 33.1 Å². The number of pyridine rings is 1. The van der Waals surface area contributed by atoms with Crippen molar-refractivity contribution in [3.05, 3.63) is 78.0 Å². The summed E-state index contributed by atoms with van der Waals surface area (Å²) in [4.78, 5) is 4.60. The molecule has 1 aromatic heterocycles. The van der Waals surface area contributed by atoms with E-state index in [0.29, 0.717) is 0 Å². The molecule has 1 heteroatoms. The van der Waals surface area contributed by atoms with Gasteiger partial charge in [0.1, 0.15) is 0 Å². The third-order valence-corrected chi connectivity index (χ3v) is 4.11. The highest BCUT2D eigenvalue weighted by Crippen LogP contribution is 2.30. The molecule has 0 bridgehead atoms. The van der Waals surface area contributed by atoms with Crippen LogP contribution in [0.15, 0.2) is 66.9 Å². The average molecular weight is 301 g/mol. The van der Waals surface area contributed by atoms with E-state index in [9.17, 15) is 0 Å². The minimum Gasteiger partial charge on any atom is -0.256 e. The lowest BCUT2D eigenvalue weighted by molar-refractivity contribution is 0.589. The van der Waals surface area contributed by atoms with E-state index in [4.69, 9.17) is 0 Å². The fraction of sp³-hybridized carbons (Fsp3) is 0.227. The number of aryl methyl sites for hydroxylation is 1. The maximum Gasteiger partial charge on any atom is 0.0705 e. The molecule has 3 rings (SSSR count). The van der Waals surface area contributed by atoms with Gasteiger partial charge in [-0.3, -0.25) is 4.98 Å². The predicted octanol–water partition coefficient (Wildman–Crippen LogP) is 6.02. The Balaban J connectivity index is 2.09. The first-order valence-corrected chi connectivity index (χ1v) is 8.07. The third kappa shape index (κ3) is 3.50. The van der Waals surface area contributed by atoms with Gasteiger partial charge in [-0.2, -0.15) is 0 Å². The number of benzene rings is 2. The standard InChI is InChI=1S/C22H23N/c1-16-12-18(17-8-6-5-7-9-17)14-19(13-16)21-15-20(10-11-23-21)22(2,3)4/h5-15H,1-4H3. The summed E-state index contributed by atoms with van der Waals surface area (Å²) in [5, 5.41) is 0. The number of rotatable bonds is 2. The van der Waals surface area contributed by atoms with Gasteiger partial charge < -0.3 is 0 Å². The summed E-state index contributed by atoms with van der Waals surface area (Å²) in [5.74, 6) is 0. The Hall–Kier alpha value is -2.41. The maximum atomic E-state index is 4.60. The molecule has 0 atom stereocenters. The number of hydrogen-bond donors (Lipinski definition) is 0. The highest BCUT2D eigenvalue weighted by Gasteiger charge is 2.15. The number of nitrogens with zero attached hydrogens (tertiary/aromatic N) is 1. The molecule has 116 valence electrons. The van der Waals surface area contributed by atoms with Crippen molar-refractivity contribution in [2.75, 3.05) is 0 Å². The van der Waals surface area contributed by atoms with E-state index in [2.05, 4.69) is 93.3 Å². The second-order valence-electron chi connectivity index (χ2n) is 7.13. The first-order valence-electron chi connectivity index (χ1n) is 8.07. The van der Waals surface area contributed by atoms with Gasteiger partial charge in [0.15, 0.2) is 0 Å².